The lowest BCUT2D eigenvalue weighted by atomic mass is 9.93. The number of nitrogens with zero attached hydrogens (tertiary/aromatic N) is 2. The number of carbonyl (C=O) groups excluding carboxylic acids is 1. The first-order valence-electron chi connectivity index (χ1n) is 7.95. The van der Waals surface area contributed by atoms with Crippen molar-refractivity contribution in [1.29, 1.82) is 0 Å². The van der Waals surface area contributed by atoms with E-state index in [1.807, 2.05) is 13.8 Å². The van der Waals surface area contributed by atoms with Crippen LogP contribution in [0.5, 0.6) is 0 Å². The summed E-state index contributed by atoms with van der Waals surface area (Å²) in [5.41, 5.74) is -0.431. The first kappa shape index (κ1) is 16.1. The average molecular weight is 294 g/mol. The van der Waals surface area contributed by atoms with E-state index in [2.05, 4.69) is 10.1 Å². The van der Waals surface area contributed by atoms with E-state index in [-0.39, 0.29) is 12.2 Å². The summed E-state index contributed by atoms with van der Waals surface area (Å²) in [4.78, 5) is 16.3. The van der Waals surface area contributed by atoms with Gasteiger partial charge in [0.15, 0.2) is 0 Å². The van der Waals surface area contributed by atoms with Crippen LogP contribution in [-0.4, -0.2) is 23.0 Å². The van der Waals surface area contributed by atoms with Gasteiger partial charge in [0, 0.05) is 13.5 Å². The van der Waals surface area contributed by atoms with Crippen LogP contribution in [0.2, 0.25) is 0 Å². The van der Waals surface area contributed by atoms with Crippen molar-refractivity contribution in [1.82, 2.24) is 10.1 Å². The predicted octanol–water partition coefficient (Wildman–Crippen LogP) is 3.42. The van der Waals surface area contributed by atoms with Gasteiger partial charge in [-0.2, -0.15) is 4.98 Å². The van der Waals surface area contributed by atoms with Gasteiger partial charge >= 0.3 is 0 Å². The molecule has 118 valence electrons. The number of hydrogen-bond acceptors (Lipinski definition) is 5. The third-order valence-electron chi connectivity index (χ3n) is 4.16. The lowest BCUT2D eigenvalue weighted by Gasteiger charge is -2.27. The Labute approximate surface area is 126 Å². The first-order valence-corrected chi connectivity index (χ1v) is 7.95. The highest BCUT2D eigenvalue weighted by atomic mass is 16.5. The number of rotatable bonds is 6. The molecule has 2 rings (SSSR count). The largest absolute Gasteiger partial charge is 0.370 e. The minimum Gasteiger partial charge on any atom is -0.370 e. The molecule has 1 aromatic heterocycles. The van der Waals surface area contributed by atoms with Gasteiger partial charge in [-0.05, 0) is 18.8 Å². The number of aromatic nitrogens is 2. The normalized spacial score (nSPS) is 18.7. The second-order valence-electron chi connectivity index (χ2n) is 6.44. The summed E-state index contributed by atoms with van der Waals surface area (Å²) >= 11 is 0. The summed E-state index contributed by atoms with van der Waals surface area (Å²) in [6, 6.07) is 0. The lowest BCUT2D eigenvalue weighted by Crippen LogP contribution is -2.29. The highest BCUT2D eigenvalue weighted by Gasteiger charge is 2.37. The molecule has 0 amide bonds. The molecule has 1 aliphatic carbocycles. The molecule has 1 aliphatic rings. The maximum absolute atomic E-state index is 11.9. The smallest absolute Gasteiger partial charge is 0.234 e. The molecule has 0 saturated heterocycles. The molecule has 1 heterocycles. The zero-order valence-electron chi connectivity index (χ0n) is 13.4. The summed E-state index contributed by atoms with van der Waals surface area (Å²) in [6.07, 6.45) is 7.29. The number of ketones is 1. The van der Waals surface area contributed by atoms with Gasteiger partial charge in [-0.25, -0.2) is 0 Å². The zero-order chi connectivity index (χ0) is 15.3. The Morgan fingerprint density at radius 3 is 2.52 bits per heavy atom. The van der Waals surface area contributed by atoms with E-state index in [0.29, 0.717) is 24.1 Å². The fourth-order valence-electron chi connectivity index (χ4n) is 3.03. The third-order valence-corrected chi connectivity index (χ3v) is 4.16. The zero-order valence-corrected chi connectivity index (χ0v) is 13.4. The van der Waals surface area contributed by atoms with Crippen LogP contribution < -0.4 is 0 Å². The van der Waals surface area contributed by atoms with Gasteiger partial charge in [0.2, 0.25) is 11.7 Å². The number of Topliss-reactive ketones (excluding diaryl/α,β-unsaturated/α-hetero) is 1. The molecule has 0 bridgehead atoms. The molecule has 1 aromatic rings. The summed E-state index contributed by atoms with van der Waals surface area (Å²) in [5.74, 6) is 1.52. The molecule has 0 N–H and O–H groups in total. The molecule has 0 aromatic carbocycles. The lowest BCUT2D eigenvalue weighted by molar-refractivity contribution is -0.119. The first-order chi connectivity index (χ1) is 10.1. The molecule has 0 aliphatic heterocycles. The predicted molar refractivity (Wildman–Crippen MR) is 78.9 cm³/mol. The Bertz CT molecular complexity index is 460. The fourth-order valence-corrected chi connectivity index (χ4v) is 3.03. The highest BCUT2D eigenvalue weighted by molar-refractivity contribution is 5.80. The van der Waals surface area contributed by atoms with Crippen LogP contribution in [0.1, 0.15) is 70.5 Å². The summed E-state index contributed by atoms with van der Waals surface area (Å²) in [6.45, 7) is 4.06. The summed E-state index contributed by atoms with van der Waals surface area (Å²) < 4.78 is 11.0. The van der Waals surface area contributed by atoms with Crippen molar-refractivity contribution in [3.8, 4) is 0 Å². The van der Waals surface area contributed by atoms with E-state index in [1.165, 1.54) is 12.8 Å². The molecule has 1 saturated carbocycles. The van der Waals surface area contributed by atoms with E-state index < -0.39 is 5.60 Å². The molecule has 0 atom stereocenters. The second kappa shape index (κ2) is 7.16. The number of methoxy groups -OCH3 is 1. The summed E-state index contributed by atoms with van der Waals surface area (Å²) in [5, 5.41) is 4.09. The Morgan fingerprint density at radius 2 is 1.95 bits per heavy atom. The van der Waals surface area contributed by atoms with Crippen LogP contribution >= 0.6 is 0 Å². The molecule has 5 heteroatoms. The highest BCUT2D eigenvalue weighted by Crippen LogP contribution is 2.37. The van der Waals surface area contributed by atoms with E-state index in [1.54, 1.807) is 7.11 Å². The van der Waals surface area contributed by atoms with Gasteiger partial charge in [0.1, 0.15) is 11.4 Å². The van der Waals surface area contributed by atoms with Crippen LogP contribution in [0.3, 0.4) is 0 Å². The third kappa shape index (κ3) is 4.13. The van der Waals surface area contributed by atoms with Gasteiger partial charge in [0.05, 0.1) is 6.42 Å². The van der Waals surface area contributed by atoms with Crippen molar-refractivity contribution in [2.75, 3.05) is 7.11 Å². The topological polar surface area (TPSA) is 65.2 Å². The minimum absolute atomic E-state index is 0.146. The van der Waals surface area contributed by atoms with Gasteiger partial charge < -0.3 is 9.26 Å². The van der Waals surface area contributed by atoms with Gasteiger partial charge in [0.25, 0.3) is 0 Å². The van der Waals surface area contributed by atoms with Crippen LogP contribution in [0.25, 0.3) is 0 Å². The SMILES string of the molecule is COC1(c2noc(CC(=O)CC(C)C)n2)CCCCCC1. The van der Waals surface area contributed by atoms with Crippen LogP contribution in [0.15, 0.2) is 4.52 Å². The monoisotopic (exact) mass is 294 g/mol. The van der Waals surface area contributed by atoms with E-state index in [9.17, 15) is 4.79 Å². The molecular weight excluding hydrogens is 268 g/mol. The molecule has 1 fully saturated rings. The number of hydrogen-bond donors (Lipinski definition) is 0. The Balaban J connectivity index is 2.08. The average Bonchev–Trinajstić information content (AvgIpc) is 2.75. The number of carbonyl (C=O) groups is 1. The van der Waals surface area contributed by atoms with Crippen LogP contribution in [0.4, 0.5) is 0 Å². The van der Waals surface area contributed by atoms with Crippen LogP contribution in [-0.2, 0) is 21.6 Å². The van der Waals surface area contributed by atoms with Crippen molar-refractivity contribution in [2.45, 2.75) is 70.8 Å². The van der Waals surface area contributed by atoms with Crippen LogP contribution in [0, 0.1) is 5.92 Å². The quantitative estimate of drug-likeness (QED) is 0.752. The van der Waals surface area contributed by atoms with Gasteiger partial charge in [-0.1, -0.05) is 44.7 Å². The minimum atomic E-state index is -0.431. The van der Waals surface area contributed by atoms with E-state index in [4.69, 9.17) is 9.26 Å². The molecule has 21 heavy (non-hydrogen) atoms. The molecule has 5 nitrogen and oxygen atoms in total. The molecule has 0 radical (unpaired) electrons. The van der Waals surface area contributed by atoms with E-state index >= 15 is 0 Å². The maximum Gasteiger partial charge on any atom is 0.234 e. The van der Waals surface area contributed by atoms with Crippen molar-refractivity contribution in [3.05, 3.63) is 11.7 Å². The van der Waals surface area contributed by atoms with Gasteiger partial charge in [-0.3, -0.25) is 4.79 Å². The standard InChI is InChI=1S/C16H26N2O3/c1-12(2)10-13(19)11-14-17-15(18-21-14)16(20-3)8-6-4-5-7-9-16/h12H,4-11H2,1-3H3. The van der Waals surface area contributed by atoms with Gasteiger partial charge in [-0.15, -0.1) is 0 Å². The Kier molecular flexibility index (Phi) is 5.51. The van der Waals surface area contributed by atoms with Crippen molar-refractivity contribution in [3.63, 3.8) is 0 Å². The fraction of sp³-hybridized carbons (Fsp3) is 0.812. The molecule has 0 spiro atoms. The van der Waals surface area contributed by atoms with Crippen molar-refractivity contribution < 1.29 is 14.1 Å². The maximum atomic E-state index is 11.9. The Hall–Kier alpha value is -1.23. The van der Waals surface area contributed by atoms with E-state index in [0.717, 1.165) is 25.7 Å². The molecular formula is C16H26N2O3. The number of ether oxygens (including phenoxy) is 1. The Morgan fingerprint density at radius 1 is 1.29 bits per heavy atom. The van der Waals surface area contributed by atoms with Crippen molar-refractivity contribution in [2.24, 2.45) is 5.92 Å². The van der Waals surface area contributed by atoms with Crippen molar-refractivity contribution >= 4 is 5.78 Å². The summed E-state index contributed by atoms with van der Waals surface area (Å²) in [7, 11) is 1.71. The second-order valence-corrected chi connectivity index (χ2v) is 6.44. The molecule has 0 unspecified atom stereocenters.